The second-order valence-electron chi connectivity index (χ2n) is 3.83. The van der Waals surface area contributed by atoms with E-state index in [1.54, 1.807) is 6.92 Å². The molecule has 1 N–H and O–H groups in total. The van der Waals surface area contributed by atoms with Crippen LogP contribution in [-0.2, 0) is 6.54 Å². The average molecular weight is 252 g/mol. The molecule has 0 bridgehead atoms. The van der Waals surface area contributed by atoms with Crippen molar-refractivity contribution in [2.24, 2.45) is 0 Å². The van der Waals surface area contributed by atoms with Crippen LogP contribution >= 0.6 is 0 Å². The minimum Gasteiger partial charge on any atom is -0.491 e. The fraction of sp³-hybridized carbons (Fsp3) is 0.364. The lowest BCUT2D eigenvalue weighted by Gasteiger charge is -2.12. The first-order valence-corrected chi connectivity index (χ1v) is 5.44. The summed E-state index contributed by atoms with van der Waals surface area (Å²) in [5.41, 5.74) is 0. The summed E-state index contributed by atoms with van der Waals surface area (Å²) in [5, 5.41) is 20.6. The summed E-state index contributed by atoms with van der Waals surface area (Å²) in [4.78, 5) is 0. The fourth-order valence-corrected chi connectivity index (χ4v) is 1.39. The maximum Gasteiger partial charge on any atom is 0.148 e. The normalized spacial score (nSPS) is 12.4. The molecule has 0 spiro atoms. The molecule has 2 rings (SSSR count). The van der Waals surface area contributed by atoms with Crippen molar-refractivity contribution in [3.05, 3.63) is 35.9 Å². The lowest BCUT2D eigenvalue weighted by atomic mass is 10.3. The zero-order valence-corrected chi connectivity index (χ0v) is 9.82. The monoisotopic (exact) mass is 252 g/mol. The summed E-state index contributed by atoms with van der Waals surface area (Å²) < 4.78 is 19.4. The number of aromatic nitrogens is 4. The van der Waals surface area contributed by atoms with Crippen LogP contribution in [0.3, 0.4) is 0 Å². The van der Waals surface area contributed by atoms with Crippen molar-refractivity contribution in [2.45, 2.75) is 19.6 Å². The van der Waals surface area contributed by atoms with Crippen LogP contribution in [0.2, 0.25) is 0 Å². The van der Waals surface area contributed by atoms with Crippen molar-refractivity contribution < 1.29 is 14.2 Å². The summed E-state index contributed by atoms with van der Waals surface area (Å²) in [7, 11) is 0. The highest BCUT2D eigenvalue weighted by atomic mass is 19.1. The molecule has 1 heterocycles. The third kappa shape index (κ3) is 3.24. The van der Waals surface area contributed by atoms with Crippen LogP contribution in [0.25, 0.3) is 0 Å². The fourth-order valence-electron chi connectivity index (χ4n) is 1.39. The van der Waals surface area contributed by atoms with E-state index in [-0.39, 0.29) is 19.0 Å². The van der Waals surface area contributed by atoms with Gasteiger partial charge in [0.2, 0.25) is 0 Å². The predicted octanol–water partition coefficient (Wildman–Crippen LogP) is 0.561. The Balaban J connectivity index is 1.83. The van der Waals surface area contributed by atoms with Gasteiger partial charge in [-0.05, 0) is 41.6 Å². The third-order valence-corrected chi connectivity index (χ3v) is 2.35. The molecule has 0 fully saturated rings. The summed E-state index contributed by atoms with van der Waals surface area (Å²) in [6.07, 6.45) is -0.739. The van der Waals surface area contributed by atoms with E-state index < -0.39 is 6.10 Å². The number of halogens is 1. The topological polar surface area (TPSA) is 73.1 Å². The zero-order chi connectivity index (χ0) is 13.0. The molecule has 1 atom stereocenters. The Hall–Kier alpha value is -2.02. The largest absolute Gasteiger partial charge is 0.491 e. The van der Waals surface area contributed by atoms with E-state index in [0.29, 0.717) is 11.6 Å². The van der Waals surface area contributed by atoms with Gasteiger partial charge in [0, 0.05) is 0 Å². The molecule has 1 aromatic heterocycles. The van der Waals surface area contributed by atoms with Gasteiger partial charge in [0.25, 0.3) is 0 Å². The van der Waals surface area contributed by atoms with Crippen LogP contribution in [0, 0.1) is 12.7 Å². The second-order valence-corrected chi connectivity index (χ2v) is 3.83. The quantitative estimate of drug-likeness (QED) is 0.841. The molecule has 0 saturated carbocycles. The van der Waals surface area contributed by atoms with E-state index in [0.717, 1.165) is 0 Å². The van der Waals surface area contributed by atoms with E-state index in [4.69, 9.17) is 4.74 Å². The van der Waals surface area contributed by atoms with E-state index in [1.807, 2.05) is 0 Å². The number of nitrogens with zero attached hydrogens (tertiary/aromatic N) is 4. The molecule has 0 aliphatic rings. The van der Waals surface area contributed by atoms with E-state index in [2.05, 4.69) is 15.5 Å². The maximum atomic E-state index is 12.7. The first kappa shape index (κ1) is 12.4. The molecule has 0 radical (unpaired) electrons. The van der Waals surface area contributed by atoms with Crippen molar-refractivity contribution >= 4 is 0 Å². The highest BCUT2D eigenvalue weighted by Crippen LogP contribution is 2.11. The maximum absolute atomic E-state index is 12.7. The van der Waals surface area contributed by atoms with Gasteiger partial charge in [0.15, 0.2) is 0 Å². The van der Waals surface area contributed by atoms with E-state index in [9.17, 15) is 9.50 Å². The molecule has 0 amide bonds. The van der Waals surface area contributed by atoms with Gasteiger partial charge in [-0.15, -0.1) is 5.10 Å². The Labute approximate surface area is 103 Å². The molecule has 6 nitrogen and oxygen atoms in total. The van der Waals surface area contributed by atoms with Gasteiger partial charge in [-0.1, -0.05) is 0 Å². The number of ether oxygens (including phenoxy) is 1. The van der Waals surface area contributed by atoms with Gasteiger partial charge in [-0.2, -0.15) is 0 Å². The van der Waals surface area contributed by atoms with Crippen molar-refractivity contribution in [2.75, 3.05) is 6.61 Å². The molecule has 18 heavy (non-hydrogen) atoms. The summed E-state index contributed by atoms with van der Waals surface area (Å²) in [6.45, 7) is 2.08. The van der Waals surface area contributed by atoms with Crippen LogP contribution in [0.5, 0.6) is 5.75 Å². The van der Waals surface area contributed by atoms with Crippen molar-refractivity contribution in [3.8, 4) is 5.75 Å². The van der Waals surface area contributed by atoms with Gasteiger partial charge in [-0.3, -0.25) is 0 Å². The first-order chi connectivity index (χ1) is 8.65. The average Bonchev–Trinajstić information content (AvgIpc) is 2.74. The molecule has 1 aromatic carbocycles. The number of aliphatic hydroxyl groups excluding tert-OH is 1. The predicted molar refractivity (Wildman–Crippen MR) is 60.5 cm³/mol. The van der Waals surface area contributed by atoms with Crippen LogP contribution in [0.4, 0.5) is 4.39 Å². The minimum absolute atomic E-state index is 0.0882. The van der Waals surface area contributed by atoms with Crippen molar-refractivity contribution in [3.63, 3.8) is 0 Å². The van der Waals surface area contributed by atoms with Gasteiger partial charge in [0.05, 0.1) is 6.54 Å². The molecule has 96 valence electrons. The molecular formula is C11H13FN4O2. The summed E-state index contributed by atoms with van der Waals surface area (Å²) in [5.74, 6) is 0.798. The highest BCUT2D eigenvalue weighted by Gasteiger charge is 2.09. The van der Waals surface area contributed by atoms with E-state index in [1.165, 1.54) is 28.9 Å². The van der Waals surface area contributed by atoms with Gasteiger partial charge >= 0.3 is 0 Å². The van der Waals surface area contributed by atoms with E-state index >= 15 is 0 Å². The summed E-state index contributed by atoms with van der Waals surface area (Å²) >= 11 is 0. The van der Waals surface area contributed by atoms with Gasteiger partial charge in [-0.25, -0.2) is 9.07 Å². The van der Waals surface area contributed by atoms with Crippen molar-refractivity contribution in [1.82, 2.24) is 20.2 Å². The Kier molecular flexibility index (Phi) is 3.83. The Morgan fingerprint density at radius 1 is 1.39 bits per heavy atom. The standard InChI is InChI=1S/C11H13FN4O2/c1-8-13-14-15-16(8)6-10(17)7-18-11-4-2-9(12)3-5-11/h2-5,10,17H,6-7H2,1H3. The molecule has 0 aliphatic heterocycles. The zero-order valence-electron chi connectivity index (χ0n) is 9.82. The van der Waals surface area contributed by atoms with Crippen LogP contribution in [0.1, 0.15) is 5.82 Å². The number of rotatable bonds is 5. The second kappa shape index (κ2) is 5.54. The number of benzene rings is 1. The number of hydrogen-bond acceptors (Lipinski definition) is 5. The van der Waals surface area contributed by atoms with Crippen molar-refractivity contribution in [1.29, 1.82) is 0 Å². The first-order valence-electron chi connectivity index (χ1n) is 5.44. The molecule has 7 heteroatoms. The summed E-state index contributed by atoms with van der Waals surface area (Å²) in [6, 6.07) is 5.61. The van der Waals surface area contributed by atoms with Crippen LogP contribution in [0.15, 0.2) is 24.3 Å². The molecule has 1 unspecified atom stereocenters. The smallest absolute Gasteiger partial charge is 0.148 e. The third-order valence-electron chi connectivity index (χ3n) is 2.35. The van der Waals surface area contributed by atoms with Gasteiger partial charge < -0.3 is 9.84 Å². The number of hydrogen-bond donors (Lipinski definition) is 1. The minimum atomic E-state index is -0.739. The Morgan fingerprint density at radius 3 is 2.72 bits per heavy atom. The Morgan fingerprint density at radius 2 is 2.11 bits per heavy atom. The molecule has 2 aromatic rings. The number of aliphatic hydroxyl groups is 1. The van der Waals surface area contributed by atoms with Gasteiger partial charge in [0.1, 0.15) is 30.1 Å². The number of tetrazole rings is 1. The SMILES string of the molecule is Cc1nnnn1CC(O)COc1ccc(F)cc1. The van der Waals surface area contributed by atoms with Crippen LogP contribution in [-0.4, -0.2) is 38.0 Å². The number of aryl methyl sites for hydroxylation is 1. The lowest BCUT2D eigenvalue weighted by molar-refractivity contribution is 0.0882. The molecule has 0 saturated heterocycles. The highest BCUT2D eigenvalue weighted by molar-refractivity contribution is 5.22. The molecular weight excluding hydrogens is 239 g/mol. The molecule has 0 aliphatic carbocycles. The Bertz CT molecular complexity index is 500. The lowest BCUT2D eigenvalue weighted by Crippen LogP contribution is -2.24. The van der Waals surface area contributed by atoms with Crippen LogP contribution < -0.4 is 4.74 Å².